The van der Waals surface area contributed by atoms with Crippen molar-refractivity contribution in [3.8, 4) is 11.5 Å². The minimum Gasteiger partial charge on any atom is -0.490 e. The van der Waals surface area contributed by atoms with Crippen molar-refractivity contribution in [3.63, 3.8) is 0 Å². The summed E-state index contributed by atoms with van der Waals surface area (Å²) in [6.45, 7) is 3.76. The lowest BCUT2D eigenvalue weighted by molar-refractivity contribution is 0.0665. The molecule has 176 valence electrons. The number of rotatable bonds is 8. The first-order valence-electron chi connectivity index (χ1n) is 11.4. The Morgan fingerprint density at radius 1 is 0.794 bits per heavy atom. The van der Waals surface area contributed by atoms with Gasteiger partial charge in [0.05, 0.1) is 11.3 Å². The number of benzene rings is 3. The molecule has 1 fully saturated rings. The van der Waals surface area contributed by atoms with E-state index in [9.17, 15) is 9.59 Å². The molecular weight excluding hydrogens is 430 g/mol. The Balaban J connectivity index is 1.36. The Labute approximate surface area is 199 Å². The van der Waals surface area contributed by atoms with Crippen LogP contribution in [0.2, 0.25) is 0 Å². The molecule has 0 bridgehead atoms. The average Bonchev–Trinajstić information content (AvgIpc) is 2.88. The summed E-state index contributed by atoms with van der Waals surface area (Å²) in [4.78, 5) is 30.1. The van der Waals surface area contributed by atoms with E-state index in [0.29, 0.717) is 48.9 Å². The number of carbonyl (C=O) groups is 2. The van der Waals surface area contributed by atoms with Crippen molar-refractivity contribution in [2.45, 2.75) is 0 Å². The molecule has 0 aliphatic carbocycles. The second-order valence-corrected chi connectivity index (χ2v) is 8.13. The van der Waals surface area contributed by atoms with Crippen LogP contribution in [0.3, 0.4) is 0 Å². The quantitative estimate of drug-likeness (QED) is 0.519. The molecule has 0 atom stereocenters. The minimum atomic E-state index is -0.301. The lowest BCUT2D eigenvalue weighted by atomic mass is 10.1. The SMILES string of the molecule is CN1CCN(C(=O)c2ccccc2NC(=O)c2cccc(OCCOc3ccccc3)c2)CC1. The van der Waals surface area contributed by atoms with Crippen molar-refractivity contribution in [2.75, 3.05) is 51.8 Å². The highest BCUT2D eigenvalue weighted by atomic mass is 16.5. The van der Waals surface area contributed by atoms with Crippen molar-refractivity contribution in [1.29, 1.82) is 0 Å². The highest BCUT2D eigenvalue weighted by molar-refractivity contribution is 6.09. The summed E-state index contributed by atoms with van der Waals surface area (Å²) < 4.78 is 11.4. The van der Waals surface area contributed by atoms with E-state index < -0.39 is 0 Å². The van der Waals surface area contributed by atoms with Crippen LogP contribution < -0.4 is 14.8 Å². The van der Waals surface area contributed by atoms with E-state index in [1.165, 1.54) is 0 Å². The van der Waals surface area contributed by atoms with Crippen LogP contribution in [-0.4, -0.2) is 68.1 Å². The van der Waals surface area contributed by atoms with Gasteiger partial charge in [0, 0.05) is 31.7 Å². The number of nitrogens with one attached hydrogen (secondary N) is 1. The van der Waals surface area contributed by atoms with Gasteiger partial charge in [-0.15, -0.1) is 0 Å². The number of anilines is 1. The fourth-order valence-corrected chi connectivity index (χ4v) is 3.72. The highest BCUT2D eigenvalue weighted by Crippen LogP contribution is 2.21. The van der Waals surface area contributed by atoms with Crippen molar-refractivity contribution < 1.29 is 19.1 Å². The molecule has 1 aliphatic heterocycles. The highest BCUT2D eigenvalue weighted by Gasteiger charge is 2.23. The first-order chi connectivity index (χ1) is 16.6. The van der Waals surface area contributed by atoms with Crippen LogP contribution in [0.4, 0.5) is 5.69 Å². The number of hydrogen-bond acceptors (Lipinski definition) is 5. The summed E-state index contributed by atoms with van der Waals surface area (Å²) in [6, 6.07) is 23.6. The molecule has 1 aliphatic rings. The van der Waals surface area contributed by atoms with Gasteiger partial charge in [0.25, 0.3) is 11.8 Å². The van der Waals surface area contributed by atoms with Crippen LogP contribution in [0.25, 0.3) is 0 Å². The summed E-state index contributed by atoms with van der Waals surface area (Å²) in [6.07, 6.45) is 0. The lowest BCUT2D eigenvalue weighted by Gasteiger charge is -2.32. The first kappa shape index (κ1) is 23.3. The van der Waals surface area contributed by atoms with Gasteiger partial charge in [0.15, 0.2) is 0 Å². The Hall–Kier alpha value is -3.84. The maximum absolute atomic E-state index is 13.1. The molecule has 34 heavy (non-hydrogen) atoms. The van der Waals surface area contributed by atoms with Crippen molar-refractivity contribution >= 4 is 17.5 Å². The van der Waals surface area contributed by atoms with Crippen LogP contribution >= 0.6 is 0 Å². The van der Waals surface area contributed by atoms with E-state index >= 15 is 0 Å². The number of para-hydroxylation sites is 2. The molecule has 3 aromatic carbocycles. The monoisotopic (exact) mass is 459 g/mol. The molecule has 1 saturated heterocycles. The zero-order valence-electron chi connectivity index (χ0n) is 19.3. The lowest BCUT2D eigenvalue weighted by Crippen LogP contribution is -2.47. The van der Waals surface area contributed by atoms with Crippen LogP contribution in [0.15, 0.2) is 78.9 Å². The molecule has 0 unspecified atom stereocenters. The summed E-state index contributed by atoms with van der Waals surface area (Å²) in [5.41, 5.74) is 1.44. The van der Waals surface area contributed by atoms with Crippen LogP contribution in [-0.2, 0) is 0 Å². The number of amides is 2. The molecule has 0 saturated carbocycles. The number of likely N-dealkylation sites (N-methyl/N-ethyl adjacent to an activating group) is 1. The van der Waals surface area contributed by atoms with Gasteiger partial charge < -0.3 is 24.6 Å². The molecular formula is C27H29N3O4. The number of hydrogen-bond donors (Lipinski definition) is 1. The number of nitrogens with zero attached hydrogens (tertiary/aromatic N) is 2. The predicted molar refractivity (Wildman–Crippen MR) is 132 cm³/mol. The van der Waals surface area contributed by atoms with Gasteiger partial charge in [-0.1, -0.05) is 36.4 Å². The molecule has 4 rings (SSSR count). The smallest absolute Gasteiger partial charge is 0.256 e. The van der Waals surface area contributed by atoms with Gasteiger partial charge in [-0.05, 0) is 49.5 Å². The number of piperazine rings is 1. The normalized spacial score (nSPS) is 13.9. The van der Waals surface area contributed by atoms with E-state index in [-0.39, 0.29) is 11.8 Å². The van der Waals surface area contributed by atoms with Crippen LogP contribution in [0.5, 0.6) is 11.5 Å². The Bertz CT molecular complexity index is 1110. The largest absolute Gasteiger partial charge is 0.490 e. The molecule has 0 aromatic heterocycles. The van der Waals surface area contributed by atoms with Crippen molar-refractivity contribution in [2.24, 2.45) is 0 Å². The van der Waals surface area contributed by atoms with E-state index in [4.69, 9.17) is 9.47 Å². The topological polar surface area (TPSA) is 71.1 Å². The third kappa shape index (κ3) is 6.14. The summed E-state index contributed by atoms with van der Waals surface area (Å²) in [7, 11) is 2.05. The first-order valence-corrected chi connectivity index (χ1v) is 11.4. The van der Waals surface area contributed by atoms with E-state index in [1.54, 1.807) is 36.4 Å². The zero-order valence-corrected chi connectivity index (χ0v) is 19.3. The van der Waals surface area contributed by atoms with E-state index in [2.05, 4.69) is 10.2 Å². The second kappa shape index (κ2) is 11.3. The van der Waals surface area contributed by atoms with E-state index in [1.807, 2.05) is 54.4 Å². The molecule has 1 heterocycles. The number of carbonyl (C=O) groups excluding carboxylic acids is 2. The summed E-state index contributed by atoms with van der Waals surface area (Å²) in [5.74, 6) is 0.985. The molecule has 1 N–H and O–H groups in total. The van der Waals surface area contributed by atoms with Crippen molar-refractivity contribution in [1.82, 2.24) is 9.80 Å². The van der Waals surface area contributed by atoms with Crippen molar-refractivity contribution in [3.05, 3.63) is 90.0 Å². The minimum absolute atomic E-state index is 0.0699. The van der Waals surface area contributed by atoms with Crippen LogP contribution in [0.1, 0.15) is 20.7 Å². The van der Waals surface area contributed by atoms with Gasteiger partial charge in [-0.25, -0.2) is 0 Å². The Morgan fingerprint density at radius 2 is 1.44 bits per heavy atom. The standard InChI is InChI=1S/C27H29N3O4/c1-29-14-16-30(17-15-29)27(32)24-12-5-6-13-25(24)28-26(31)21-8-7-11-23(20-21)34-19-18-33-22-9-3-2-4-10-22/h2-13,20H,14-19H2,1H3,(H,28,31). The van der Waals surface area contributed by atoms with E-state index in [0.717, 1.165) is 18.8 Å². The average molecular weight is 460 g/mol. The maximum atomic E-state index is 13.1. The predicted octanol–water partition coefficient (Wildman–Crippen LogP) is 3.78. The third-order valence-electron chi connectivity index (χ3n) is 5.66. The number of ether oxygens (including phenoxy) is 2. The van der Waals surface area contributed by atoms with Gasteiger partial charge in [-0.2, -0.15) is 0 Å². The fraction of sp³-hybridized carbons (Fsp3) is 0.259. The zero-order chi connectivity index (χ0) is 23.8. The molecule has 2 amide bonds. The molecule has 7 heteroatoms. The fourth-order valence-electron chi connectivity index (χ4n) is 3.72. The summed E-state index contributed by atoms with van der Waals surface area (Å²) >= 11 is 0. The molecule has 7 nitrogen and oxygen atoms in total. The molecule has 0 spiro atoms. The van der Waals surface area contributed by atoms with Gasteiger partial charge in [-0.3, -0.25) is 9.59 Å². The van der Waals surface area contributed by atoms with Gasteiger partial charge >= 0.3 is 0 Å². The Kier molecular flexibility index (Phi) is 7.78. The summed E-state index contributed by atoms with van der Waals surface area (Å²) in [5, 5.41) is 2.89. The van der Waals surface area contributed by atoms with Gasteiger partial charge in [0.1, 0.15) is 24.7 Å². The third-order valence-corrected chi connectivity index (χ3v) is 5.66. The second-order valence-electron chi connectivity index (χ2n) is 8.13. The van der Waals surface area contributed by atoms with Crippen LogP contribution in [0, 0.1) is 0 Å². The maximum Gasteiger partial charge on any atom is 0.256 e. The molecule has 0 radical (unpaired) electrons. The Morgan fingerprint density at radius 3 is 2.21 bits per heavy atom. The van der Waals surface area contributed by atoms with Gasteiger partial charge in [0.2, 0.25) is 0 Å². The molecule has 3 aromatic rings.